The molecule has 0 aliphatic carbocycles. The van der Waals surface area contributed by atoms with Crippen LogP contribution in [0, 0.1) is 5.41 Å². The second kappa shape index (κ2) is 8.64. The Hall–Kier alpha value is -1.23. The largest absolute Gasteiger partial charge is 0.469 e. The molecule has 0 saturated carbocycles. The molecule has 1 rings (SSSR count). The first-order chi connectivity index (χ1) is 11.9. The monoisotopic (exact) mass is 407 g/mol. The average molecular weight is 408 g/mol. The van der Waals surface area contributed by atoms with Crippen LogP contribution in [0.5, 0.6) is 0 Å². The molecule has 0 bridgehead atoms. The molecule has 8 nitrogen and oxygen atoms in total. The highest BCUT2D eigenvalue weighted by Crippen LogP contribution is 2.36. The smallest absolute Gasteiger partial charge is 0.320 e. The van der Waals surface area contributed by atoms with E-state index in [2.05, 4.69) is 43.9 Å². The first-order valence-corrected chi connectivity index (χ1v) is 12.4. The molecule has 0 aromatic carbocycles. The summed E-state index contributed by atoms with van der Waals surface area (Å²) >= 11 is 0. The summed E-state index contributed by atoms with van der Waals surface area (Å²) in [4.78, 5) is 23.8. The molecule has 0 amide bonds. The lowest BCUT2D eigenvalue weighted by Crippen LogP contribution is -2.64. The summed E-state index contributed by atoms with van der Waals surface area (Å²) in [5, 5.41) is 2.66. The fourth-order valence-corrected chi connectivity index (χ4v) is 4.06. The van der Waals surface area contributed by atoms with Crippen LogP contribution in [-0.4, -0.2) is 60.5 Å². The van der Waals surface area contributed by atoms with Crippen molar-refractivity contribution in [2.24, 2.45) is 5.41 Å². The third-order valence-corrected chi connectivity index (χ3v) is 10.5. The van der Waals surface area contributed by atoms with Crippen LogP contribution >= 0.6 is 0 Å². The molecule has 150 valence electrons. The zero-order valence-corrected chi connectivity index (χ0v) is 18.1. The minimum atomic E-state index is -2.59. The van der Waals surface area contributed by atoms with E-state index >= 15 is 0 Å². The van der Waals surface area contributed by atoms with E-state index in [-0.39, 0.29) is 42.6 Å². The minimum Gasteiger partial charge on any atom is -0.469 e. The van der Waals surface area contributed by atoms with Crippen LogP contribution in [-0.2, 0) is 33.8 Å². The van der Waals surface area contributed by atoms with Gasteiger partial charge < -0.3 is 13.9 Å². The van der Waals surface area contributed by atoms with Crippen LogP contribution in [0.3, 0.4) is 0 Å². The van der Waals surface area contributed by atoms with Gasteiger partial charge in [0.25, 0.3) is 0 Å². The fourth-order valence-electron chi connectivity index (χ4n) is 2.26. The van der Waals surface area contributed by atoms with Crippen molar-refractivity contribution < 1.29 is 31.9 Å². The Labute approximate surface area is 157 Å². The Morgan fingerprint density at radius 2 is 1.85 bits per heavy atom. The van der Waals surface area contributed by atoms with Crippen molar-refractivity contribution in [2.45, 2.75) is 51.7 Å². The number of rotatable bonds is 8. The van der Waals surface area contributed by atoms with E-state index in [0.717, 1.165) is 0 Å². The predicted molar refractivity (Wildman–Crippen MR) is 99.7 cm³/mol. The summed E-state index contributed by atoms with van der Waals surface area (Å²) in [5.41, 5.74) is -1.35. The molecular formula is C16H29NO7SSi. The van der Waals surface area contributed by atoms with Gasteiger partial charge in [0.05, 0.1) is 13.7 Å². The third kappa shape index (κ3) is 5.15. The molecule has 0 aromatic rings. The van der Waals surface area contributed by atoms with Crippen molar-refractivity contribution in [3.8, 4) is 0 Å². The number of hydrogen-bond acceptors (Lipinski definition) is 7. The van der Waals surface area contributed by atoms with Crippen LogP contribution in [0.1, 0.15) is 33.6 Å². The van der Waals surface area contributed by atoms with E-state index in [1.807, 2.05) is 0 Å². The van der Waals surface area contributed by atoms with Gasteiger partial charge in [0, 0.05) is 13.0 Å². The lowest BCUT2D eigenvalue weighted by Gasteiger charge is -2.40. The third-order valence-electron chi connectivity index (χ3n) is 5.11. The number of esters is 2. The number of carbonyl (C=O) groups is 2. The molecule has 1 unspecified atom stereocenters. The summed E-state index contributed by atoms with van der Waals surface area (Å²) in [6.07, 6.45) is -0.0631. The number of methoxy groups -OCH3 is 1. The zero-order chi connectivity index (χ0) is 20.2. The molecule has 1 aliphatic heterocycles. The van der Waals surface area contributed by atoms with E-state index < -0.39 is 36.0 Å². The molecule has 10 heteroatoms. The Bertz CT molecular complexity index is 673. The van der Waals surface area contributed by atoms with Crippen LogP contribution in [0.4, 0.5) is 0 Å². The van der Waals surface area contributed by atoms with Gasteiger partial charge in [-0.15, -0.1) is 0 Å². The molecule has 0 radical (unpaired) electrons. The van der Waals surface area contributed by atoms with E-state index in [1.165, 1.54) is 7.11 Å². The number of carbonyl (C=O) groups excluding carboxylic acids is 2. The number of hydrogen-bond donors (Lipinski definition) is 1. The lowest BCUT2D eigenvalue weighted by molar-refractivity contribution is -0.154. The average Bonchev–Trinajstić information content (AvgIpc) is 2.48. The van der Waals surface area contributed by atoms with Gasteiger partial charge in [-0.1, -0.05) is 20.8 Å². The van der Waals surface area contributed by atoms with Gasteiger partial charge in [0.1, 0.15) is 17.0 Å². The normalized spacial score (nSPS) is 20.3. The van der Waals surface area contributed by atoms with Gasteiger partial charge in [-0.2, -0.15) is 8.42 Å². The minimum absolute atomic E-state index is 0.0118. The Morgan fingerprint density at radius 3 is 2.27 bits per heavy atom. The van der Waals surface area contributed by atoms with Crippen molar-refractivity contribution in [3.63, 3.8) is 0 Å². The van der Waals surface area contributed by atoms with Gasteiger partial charge in [-0.05, 0) is 24.6 Å². The second-order valence-corrected chi connectivity index (χ2v) is 13.5. The van der Waals surface area contributed by atoms with Crippen molar-refractivity contribution in [2.75, 3.05) is 26.9 Å². The van der Waals surface area contributed by atoms with Crippen LogP contribution in [0.2, 0.25) is 18.1 Å². The summed E-state index contributed by atoms with van der Waals surface area (Å²) in [6.45, 7) is 10.9. The Balaban J connectivity index is 2.71. The highest BCUT2D eigenvalue weighted by molar-refractivity contribution is 7.73. The molecule has 1 atom stereocenters. The summed E-state index contributed by atoms with van der Waals surface area (Å²) in [7, 11) is -3.30. The molecular weight excluding hydrogens is 378 g/mol. The molecule has 1 heterocycles. The SMILES string of the molecule is COC(=O)CCC1(C(=O)OCCO[Si](C)(C)C(C)(C)C)CNC1=S(=O)=O. The highest BCUT2D eigenvalue weighted by atomic mass is 32.2. The molecule has 1 N–H and O–H groups in total. The van der Waals surface area contributed by atoms with Crippen molar-refractivity contribution in [1.29, 1.82) is 0 Å². The van der Waals surface area contributed by atoms with Gasteiger partial charge in [-0.3, -0.25) is 14.9 Å². The van der Waals surface area contributed by atoms with Crippen LogP contribution < -0.4 is 5.32 Å². The van der Waals surface area contributed by atoms with Gasteiger partial charge in [0.2, 0.25) is 10.3 Å². The molecule has 26 heavy (non-hydrogen) atoms. The number of ether oxygens (including phenoxy) is 2. The van der Waals surface area contributed by atoms with Crippen molar-refractivity contribution >= 4 is 35.5 Å². The molecule has 0 aromatic heterocycles. The van der Waals surface area contributed by atoms with Gasteiger partial charge in [0.15, 0.2) is 8.32 Å². The maximum absolute atomic E-state index is 12.5. The Morgan fingerprint density at radius 1 is 1.23 bits per heavy atom. The quantitative estimate of drug-likeness (QED) is 0.276. The highest BCUT2D eigenvalue weighted by Gasteiger charge is 2.53. The summed E-state index contributed by atoms with van der Waals surface area (Å²) in [5.74, 6) is -1.18. The van der Waals surface area contributed by atoms with Crippen molar-refractivity contribution in [1.82, 2.24) is 5.32 Å². The Kier molecular flexibility index (Phi) is 7.58. The van der Waals surface area contributed by atoms with E-state index in [9.17, 15) is 18.0 Å². The van der Waals surface area contributed by atoms with Crippen LogP contribution in [0.15, 0.2) is 0 Å². The lowest BCUT2D eigenvalue weighted by atomic mass is 9.77. The number of nitrogens with one attached hydrogen (secondary N) is 1. The summed E-state index contributed by atoms with van der Waals surface area (Å²) in [6, 6.07) is 0. The second-order valence-electron chi connectivity index (χ2n) is 7.82. The van der Waals surface area contributed by atoms with E-state index in [1.54, 1.807) is 0 Å². The van der Waals surface area contributed by atoms with Crippen LogP contribution in [0.25, 0.3) is 0 Å². The molecule has 1 aliphatic rings. The molecule has 0 spiro atoms. The predicted octanol–water partition coefficient (Wildman–Crippen LogP) is 1.10. The first kappa shape index (κ1) is 22.8. The fraction of sp³-hybridized carbons (Fsp3) is 0.812. The van der Waals surface area contributed by atoms with Gasteiger partial charge in [-0.25, -0.2) is 0 Å². The zero-order valence-electron chi connectivity index (χ0n) is 16.3. The maximum atomic E-state index is 12.5. The van der Waals surface area contributed by atoms with Gasteiger partial charge >= 0.3 is 11.9 Å². The molecule has 1 saturated heterocycles. The summed E-state index contributed by atoms with van der Waals surface area (Å²) < 4.78 is 38.5. The first-order valence-electron chi connectivity index (χ1n) is 8.46. The maximum Gasteiger partial charge on any atom is 0.320 e. The van der Waals surface area contributed by atoms with E-state index in [4.69, 9.17) is 9.16 Å². The van der Waals surface area contributed by atoms with E-state index in [0.29, 0.717) is 0 Å². The van der Waals surface area contributed by atoms with Crippen molar-refractivity contribution in [3.05, 3.63) is 0 Å². The topological polar surface area (TPSA) is 108 Å². The standard InChI is InChI=1S/C16H29NO7SSi/c1-15(2,3)26(5,6)24-10-9-23-14(19)16(8-7-12(18)22-4)11-17-13(16)25(20)21/h17H,7-11H2,1-6H3. The molecule has 1 fully saturated rings.